The number of thioether (sulfide) groups is 1. The summed E-state index contributed by atoms with van der Waals surface area (Å²) in [7, 11) is 0. The molecule has 29 heavy (non-hydrogen) atoms. The van der Waals surface area contributed by atoms with Crippen molar-refractivity contribution in [3.63, 3.8) is 0 Å². The standard InChI is InChI=1S/C23H25NO4S/c1-15(2)11-12-29-14-21(22(25)26)24-23(27)28-13-20-18-9-5-3-7-16(18)17-8-4-6-10-19(17)20/h3-10,20-21H,1,11-14H2,2H3,(H,24,27)(H,25,26). The van der Waals surface area contributed by atoms with Gasteiger partial charge in [-0.25, -0.2) is 9.59 Å². The summed E-state index contributed by atoms with van der Waals surface area (Å²) in [6.45, 7) is 5.93. The lowest BCUT2D eigenvalue weighted by Gasteiger charge is -2.17. The van der Waals surface area contributed by atoms with Crippen LogP contribution in [0.3, 0.4) is 0 Å². The Balaban J connectivity index is 1.58. The number of rotatable bonds is 9. The van der Waals surface area contributed by atoms with Gasteiger partial charge in [0.1, 0.15) is 12.6 Å². The maximum absolute atomic E-state index is 12.3. The van der Waals surface area contributed by atoms with Crippen LogP contribution in [0.2, 0.25) is 0 Å². The fourth-order valence-corrected chi connectivity index (χ4v) is 4.53. The van der Waals surface area contributed by atoms with Gasteiger partial charge in [0.25, 0.3) is 0 Å². The van der Waals surface area contributed by atoms with Gasteiger partial charge in [-0.15, -0.1) is 6.58 Å². The second kappa shape index (κ2) is 9.65. The summed E-state index contributed by atoms with van der Waals surface area (Å²) in [5.41, 5.74) is 5.58. The topological polar surface area (TPSA) is 75.6 Å². The highest BCUT2D eigenvalue weighted by atomic mass is 32.2. The van der Waals surface area contributed by atoms with Crippen molar-refractivity contribution < 1.29 is 19.4 Å². The Morgan fingerprint density at radius 2 is 1.72 bits per heavy atom. The van der Waals surface area contributed by atoms with Crippen molar-refractivity contribution in [2.24, 2.45) is 0 Å². The average molecular weight is 412 g/mol. The predicted octanol–water partition coefficient (Wildman–Crippen LogP) is 4.68. The number of carbonyl (C=O) groups is 2. The first-order valence-electron chi connectivity index (χ1n) is 9.54. The molecule has 2 aromatic rings. The molecule has 1 aliphatic rings. The van der Waals surface area contributed by atoms with E-state index in [1.165, 1.54) is 11.8 Å². The number of benzene rings is 2. The van der Waals surface area contributed by atoms with Crippen molar-refractivity contribution in [2.45, 2.75) is 25.3 Å². The summed E-state index contributed by atoms with van der Waals surface area (Å²) in [5.74, 6) is -0.0686. The van der Waals surface area contributed by atoms with Gasteiger partial charge in [-0.2, -0.15) is 11.8 Å². The Morgan fingerprint density at radius 1 is 1.14 bits per heavy atom. The molecule has 0 bridgehead atoms. The van der Waals surface area contributed by atoms with Crippen LogP contribution in [-0.2, 0) is 9.53 Å². The maximum Gasteiger partial charge on any atom is 0.407 e. The van der Waals surface area contributed by atoms with Gasteiger partial charge in [-0.3, -0.25) is 0 Å². The van der Waals surface area contributed by atoms with E-state index in [9.17, 15) is 14.7 Å². The van der Waals surface area contributed by atoms with Gasteiger partial charge >= 0.3 is 12.1 Å². The van der Waals surface area contributed by atoms with E-state index in [0.29, 0.717) is 0 Å². The lowest BCUT2D eigenvalue weighted by molar-refractivity contribution is -0.138. The number of hydrogen-bond acceptors (Lipinski definition) is 4. The van der Waals surface area contributed by atoms with Crippen LogP contribution in [0.4, 0.5) is 4.79 Å². The fourth-order valence-electron chi connectivity index (χ4n) is 3.40. The molecule has 6 heteroatoms. The molecule has 5 nitrogen and oxygen atoms in total. The number of hydrogen-bond donors (Lipinski definition) is 2. The predicted molar refractivity (Wildman–Crippen MR) is 116 cm³/mol. The molecule has 1 unspecified atom stereocenters. The third-order valence-corrected chi connectivity index (χ3v) is 5.95. The van der Waals surface area contributed by atoms with E-state index in [1.807, 2.05) is 43.3 Å². The Kier molecular flexibility index (Phi) is 6.99. The molecule has 0 spiro atoms. The van der Waals surface area contributed by atoms with E-state index >= 15 is 0 Å². The second-order valence-electron chi connectivity index (χ2n) is 7.14. The summed E-state index contributed by atoms with van der Waals surface area (Å²) in [6.07, 6.45) is 0.113. The van der Waals surface area contributed by atoms with Gasteiger partial charge in [-0.05, 0) is 41.4 Å². The normalized spacial score (nSPS) is 13.3. The highest BCUT2D eigenvalue weighted by Crippen LogP contribution is 2.44. The number of carboxylic acid groups (broad SMARTS) is 1. The molecule has 2 N–H and O–H groups in total. The van der Waals surface area contributed by atoms with E-state index in [4.69, 9.17) is 4.74 Å². The second-order valence-corrected chi connectivity index (χ2v) is 8.29. The molecule has 0 saturated carbocycles. The van der Waals surface area contributed by atoms with E-state index < -0.39 is 18.1 Å². The summed E-state index contributed by atoms with van der Waals surface area (Å²) < 4.78 is 5.43. The zero-order valence-corrected chi connectivity index (χ0v) is 17.2. The Bertz CT molecular complexity index is 866. The summed E-state index contributed by atoms with van der Waals surface area (Å²) >= 11 is 1.47. The number of allylic oxidation sites excluding steroid dienone is 1. The van der Waals surface area contributed by atoms with E-state index in [1.54, 1.807) is 0 Å². The molecular formula is C23H25NO4S. The molecule has 0 fully saturated rings. The van der Waals surface area contributed by atoms with Crippen molar-refractivity contribution in [1.29, 1.82) is 0 Å². The number of ether oxygens (including phenoxy) is 1. The van der Waals surface area contributed by atoms with Gasteiger partial charge < -0.3 is 15.2 Å². The van der Waals surface area contributed by atoms with Crippen LogP contribution in [0.15, 0.2) is 60.7 Å². The van der Waals surface area contributed by atoms with Crippen LogP contribution in [0.25, 0.3) is 11.1 Å². The SMILES string of the molecule is C=C(C)CCSCC(NC(=O)OCC1c2ccccc2-c2ccccc21)C(=O)O. The van der Waals surface area contributed by atoms with Gasteiger partial charge in [0, 0.05) is 11.7 Å². The van der Waals surface area contributed by atoms with Gasteiger partial charge in [0.15, 0.2) is 0 Å². The van der Waals surface area contributed by atoms with Gasteiger partial charge in [-0.1, -0.05) is 54.1 Å². The number of carbonyl (C=O) groups excluding carboxylic acids is 1. The lowest BCUT2D eigenvalue weighted by Crippen LogP contribution is -2.43. The molecule has 0 aliphatic heterocycles. The van der Waals surface area contributed by atoms with Crippen molar-refractivity contribution >= 4 is 23.8 Å². The average Bonchev–Trinajstić information content (AvgIpc) is 3.02. The van der Waals surface area contributed by atoms with Crippen molar-refractivity contribution in [3.8, 4) is 11.1 Å². The van der Waals surface area contributed by atoms with Gasteiger partial charge in [0.05, 0.1) is 0 Å². The molecule has 0 radical (unpaired) electrons. The first-order chi connectivity index (χ1) is 14.0. The highest BCUT2D eigenvalue weighted by Gasteiger charge is 2.29. The molecule has 1 amide bonds. The zero-order valence-electron chi connectivity index (χ0n) is 16.4. The lowest BCUT2D eigenvalue weighted by atomic mass is 9.98. The van der Waals surface area contributed by atoms with Crippen LogP contribution in [-0.4, -0.2) is 41.3 Å². The van der Waals surface area contributed by atoms with Crippen molar-refractivity contribution in [1.82, 2.24) is 5.32 Å². The zero-order chi connectivity index (χ0) is 20.8. The minimum Gasteiger partial charge on any atom is -0.480 e. The van der Waals surface area contributed by atoms with Crippen LogP contribution in [0, 0.1) is 0 Å². The number of carboxylic acids is 1. The summed E-state index contributed by atoms with van der Waals surface area (Å²) in [4.78, 5) is 23.7. The third kappa shape index (κ3) is 5.21. The van der Waals surface area contributed by atoms with Crippen LogP contribution >= 0.6 is 11.8 Å². The molecule has 0 saturated heterocycles. The Hall–Kier alpha value is -2.73. The van der Waals surface area contributed by atoms with E-state index in [0.717, 1.165) is 40.0 Å². The van der Waals surface area contributed by atoms with Crippen LogP contribution in [0.1, 0.15) is 30.4 Å². The van der Waals surface area contributed by atoms with Crippen molar-refractivity contribution in [3.05, 3.63) is 71.8 Å². The quantitative estimate of drug-likeness (QED) is 0.463. The molecule has 1 aliphatic carbocycles. The number of aliphatic carboxylic acids is 1. The summed E-state index contributed by atoms with van der Waals surface area (Å²) in [6, 6.07) is 15.2. The minimum absolute atomic E-state index is 0.0543. The molecule has 2 aromatic carbocycles. The first kappa shape index (κ1) is 21.0. The van der Waals surface area contributed by atoms with E-state index in [2.05, 4.69) is 24.0 Å². The smallest absolute Gasteiger partial charge is 0.407 e. The number of nitrogens with one attached hydrogen (secondary N) is 1. The van der Waals surface area contributed by atoms with Crippen molar-refractivity contribution in [2.75, 3.05) is 18.1 Å². The maximum atomic E-state index is 12.3. The van der Waals surface area contributed by atoms with Crippen LogP contribution < -0.4 is 5.32 Å². The molecule has 152 valence electrons. The molecule has 0 heterocycles. The monoisotopic (exact) mass is 411 g/mol. The van der Waals surface area contributed by atoms with Crippen LogP contribution in [0.5, 0.6) is 0 Å². The molecule has 0 aromatic heterocycles. The van der Waals surface area contributed by atoms with Gasteiger partial charge in [0.2, 0.25) is 0 Å². The Morgan fingerprint density at radius 3 is 2.28 bits per heavy atom. The number of amides is 1. The molecule has 1 atom stereocenters. The number of alkyl carbamates (subject to hydrolysis) is 1. The first-order valence-corrected chi connectivity index (χ1v) is 10.7. The number of fused-ring (bicyclic) bond motifs is 3. The van der Waals surface area contributed by atoms with E-state index in [-0.39, 0.29) is 18.3 Å². The highest BCUT2D eigenvalue weighted by molar-refractivity contribution is 7.99. The molecular weight excluding hydrogens is 386 g/mol. The largest absolute Gasteiger partial charge is 0.480 e. The third-order valence-electron chi connectivity index (χ3n) is 4.89. The molecule has 3 rings (SSSR count). The summed E-state index contributed by atoms with van der Waals surface area (Å²) in [5, 5.41) is 11.8. The fraction of sp³-hybridized carbons (Fsp3) is 0.304. The minimum atomic E-state index is -1.07. The Labute approximate surface area is 175 Å².